The lowest BCUT2D eigenvalue weighted by molar-refractivity contribution is -0.148. The molecule has 25 heavy (non-hydrogen) atoms. The van der Waals surface area contributed by atoms with Crippen molar-refractivity contribution in [2.75, 3.05) is 11.9 Å². The number of nitrogens with one attached hydrogen (secondary N) is 3. The minimum Gasteiger partial charge on any atom is -0.465 e. The average molecular weight is 347 g/mol. The summed E-state index contributed by atoms with van der Waals surface area (Å²) in [5.74, 6) is -1.56. The van der Waals surface area contributed by atoms with Crippen LogP contribution in [0.15, 0.2) is 36.5 Å². The second-order valence-corrected chi connectivity index (χ2v) is 5.84. The fourth-order valence-electron chi connectivity index (χ4n) is 2.24. The van der Waals surface area contributed by atoms with Crippen LogP contribution in [0, 0.1) is 11.8 Å². The Bertz CT molecular complexity index is 638. The first-order valence-corrected chi connectivity index (χ1v) is 8.05. The van der Waals surface area contributed by atoms with Gasteiger partial charge in [-0.05, 0) is 37.1 Å². The summed E-state index contributed by atoms with van der Waals surface area (Å²) in [6.07, 6.45) is 0. The van der Waals surface area contributed by atoms with Crippen molar-refractivity contribution in [2.45, 2.75) is 27.7 Å². The van der Waals surface area contributed by atoms with E-state index >= 15 is 0 Å². The maximum absolute atomic E-state index is 12.2. The van der Waals surface area contributed by atoms with E-state index in [0.29, 0.717) is 16.9 Å². The van der Waals surface area contributed by atoms with Gasteiger partial charge in [0.05, 0.1) is 12.5 Å². The lowest BCUT2D eigenvalue weighted by Crippen LogP contribution is -2.41. The van der Waals surface area contributed by atoms with E-state index in [1.165, 1.54) is 6.92 Å². The van der Waals surface area contributed by atoms with E-state index in [-0.39, 0.29) is 30.3 Å². The molecular formula is C18H25N3O4. The molecule has 0 saturated carbocycles. The molecule has 0 heterocycles. The highest BCUT2D eigenvalue weighted by molar-refractivity contribution is 5.95. The highest BCUT2D eigenvalue weighted by Gasteiger charge is 2.27. The predicted molar refractivity (Wildman–Crippen MR) is 95.4 cm³/mol. The summed E-state index contributed by atoms with van der Waals surface area (Å²) < 4.78 is 5.04. The van der Waals surface area contributed by atoms with E-state index < -0.39 is 5.92 Å². The van der Waals surface area contributed by atoms with Crippen LogP contribution >= 0.6 is 0 Å². The third kappa shape index (κ3) is 6.29. The molecule has 3 N–H and O–H groups in total. The summed E-state index contributed by atoms with van der Waals surface area (Å²) in [6.45, 7) is 11.0. The van der Waals surface area contributed by atoms with E-state index in [2.05, 4.69) is 22.7 Å². The fraction of sp³-hybridized carbons (Fsp3) is 0.389. The van der Waals surface area contributed by atoms with Crippen LogP contribution in [0.3, 0.4) is 0 Å². The number of carbonyl (C=O) groups excluding carboxylic acids is 3. The maximum atomic E-state index is 12.2. The Balaban J connectivity index is 2.66. The molecule has 1 aromatic rings. The van der Waals surface area contributed by atoms with E-state index in [9.17, 15) is 14.4 Å². The van der Waals surface area contributed by atoms with Crippen molar-refractivity contribution in [3.05, 3.63) is 42.1 Å². The quantitative estimate of drug-likeness (QED) is 0.495. The Morgan fingerprint density at radius 2 is 1.72 bits per heavy atom. The van der Waals surface area contributed by atoms with E-state index in [0.717, 1.165) is 0 Å². The summed E-state index contributed by atoms with van der Waals surface area (Å²) in [5.41, 5.74) is 6.55. The zero-order chi connectivity index (χ0) is 19.0. The first-order chi connectivity index (χ1) is 11.8. The van der Waals surface area contributed by atoms with Gasteiger partial charge < -0.3 is 15.5 Å². The number of amides is 2. The lowest BCUT2D eigenvalue weighted by atomic mass is 9.93. The number of carbonyl (C=O) groups is 3. The van der Waals surface area contributed by atoms with Crippen LogP contribution < -0.4 is 16.2 Å². The minimum absolute atomic E-state index is 0.0344. The van der Waals surface area contributed by atoms with Crippen molar-refractivity contribution in [3.8, 4) is 0 Å². The third-order valence-electron chi connectivity index (χ3n) is 3.39. The van der Waals surface area contributed by atoms with Crippen LogP contribution in [-0.2, 0) is 14.3 Å². The number of rotatable bonds is 8. The Hall–Kier alpha value is -2.83. The van der Waals surface area contributed by atoms with Crippen molar-refractivity contribution < 1.29 is 19.1 Å². The number of hydrazine groups is 1. The van der Waals surface area contributed by atoms with E-state index in [1.54, 1.807) is 31.2 Å². The van der Waals surface area contributed by atoms with Gasteiger partial charge in [0.1, 0.15) is 0 Å². The van der Waals surface area contributed by atoms with Crippen LogP contribution in [0.5, 0.6) is 0 Å². The van der Waals surface area contributed by atoms with Gasteiger partial charge in [0.15, 0.2) is 0 Å². The SMILES string of the molecule is C=C(NNC(=O)c1ccc(NC(C)=O)cc1)[C@H](C(=O)OCC)C(C)C. The Morgan fingerprint density at radius 3 is 2.20 bits per heavy atom. The standard InChI is InChI=1S/C18H25N3O4/c1-6-25-18(24)16(11(2)3)12(4)20-21-17(23)14-7-9-15(10-8-14)19-13(5)22/h7-11,16,20H,4,6H2,1-3,5H3,(H,19,22)(H,21,23)/t16-/m1/s1. The molecule has 0 unspecified atom stereocenters. The number of hydrogen-bond donors (Lipinski definition) is 3. The maximum Gasteiger partial charge on any atom is 0.315 e. The second-order valence-electron chi connectivity index (χ2n) is 5.84. The highest BCUT2D eigenvalue weighted by atomic mass is 16.5. The molecule has 0 fully saturated rings. The molecule has 0 bridgehead atoms. The molecule has 7 heteroatoms. The fourth-order valence-corrected chi connectivity index (χ4v) is 2.24. The second kappa shape index (κ2) is 9.46. The van der Waals surface area contributed by atoms with Gasteiger partial charge in [0.2, 0.25) is 5.91 Å². The molecule has 0 radical (unpaired) electrons. The predicted octanol–water partition coefficient (Wildman–Crippen LogP) is 2.23. The normalized spacial score (nSPS) is 11.4. The first kappa shape index (κ1) is 20.2. The molecule has 0 spiro atoms. The monoisotopic (exact) mass is 347 g/mol. The van der Waals surface area contributed by atoms with Crippen LogP contribution in [0.25, 0.3) is 0 Å². The van der Waals surface area contributed by atoms with Crippen LogP contribution in [0.1, 0.15) is 38.1 Å². The van der Waals surface area contributed by atoms with Crippen LogP contribution in [-0.4, -0.2) is 24.4 Å². The smallest absolute Gasteiger partial charge is 0.315 e. The summed E-state index contributed by atoms with van der Waals surface area (Å²) in [7, 11) is 0. The van der Waals surface area contributed by atoms with Crippen LogP contribution in [0.2, 0.25) is 0 Å². The van der Waals surface area contributed by atoms with Crippen LogP contribution in [0.4, 0.5) is 5.69 Å². The minimum atomic E-state index is -0.567. The molecule has 1 rings (SSSR count). The number of ether oxygens (including phenoxy) is 1. The molecule has 0 aromatic heterocycles. The number of benzene rings is 1. The summed E-state index contributed by atoms with van der Waals surface area (Å²) in [4.78, 5) is 35.1. The van der Waals surface area contributed by atoms with Gasteiger partial charge in [0.25, 0.3) is 5.91 Å². The van der Waals surface area contributed by atoms with Crippen molar-refractivity contribution >= 4 is 23.5 Å². The molecular weight excluding hydrogens is 322 g/mol. The topological polar surface area (TPSA) is 96.5 Å². The molecule has 1 aromatic carbocycles. The molecule has 0 aliphatic rings. The molecule has 1 atom stereocenters. The Kier molecular flexibility index (Phi) is 7.65. The molecule has 0 aliphatic heterocycles. The van der Waals surface area contributed by atoms with Gasteiger partial charge in [-0.15, -0.1) is 0 Å². The van der Waals surface area contributed by atoms with Crippen molar-refractivity contribution in [1.29, 1.82) is 0 Å². The van der Waals surface area contributed by atoms with Gasteiger partial charge in [-0.2, -0.15) is 0 Å². The average Bonchev–Trinajstić information content (AvgIpc) is 2.52. The van der Waals surface area contributed by atoms with Gasteiger partial charge >= 0.3 is 5.97 Å². The lowest BCUT2D eigenvalue weighted by Gasteiger charge is -2.22. The summed E-state index contributed by atoms with van der Waals surface area (Å²) in [6, 6.07) is 6.41. The molecule has 7 nitrogen and oxygen atoms in total. The molecule has 136 valence electrons. The van der Waals surface area contributed by atoms with E-state index in [1.807, 2.05) is 13.8 Å². The first-order valence-electron chi connectivity index (χ1n) is 8.05. The summed E-state index contributed by atoms with van der Waals surface area (Å²) in [5, 5.41) is 2.62. The molecule has 2 amide bonds. The van der Waals surface area contributed by atoms with Gasteiger partial charge in [-0.3, -0.25) is 19.8 Å². The Labute approximate surface area is 147 Å². The molecule has 0 aliphatic carbocycles. The number of esters is 1. The zero-order valence-corrected chi connectivity index (χ0v) is 15.0. The van der Waals surface area contributed by atoms with Gasteiger partial charge in [-0.1, -0.05) is 20.4 Å². The van der Waals surface area contributed by atoms with E-state index in [4.69, 9.17) is 4.74 Å². The Morgan fingerprint density at radius 1 is 1.12 bits per heavy atom. The van der Waals surface area contributed by atoms with Gasteiger partial charge in [-0.25, -0.2) is 0 Å². The molecule has 0 saturated heterocycles. The summed E-state index contributed by atoms with van der Waals surface area (Å²) >= 11 is 0. The van der Waals surface area contributed by atoms with Crippen molar-refractivity contribution in [1.82, 2.24) is 10.9 Å². The largest absolute Gasteiger partial charge is 0.465 e. The van der Waals surface area contributed by atoms with Crippen molar-refractivity contribution in [3.63, 3.8) is 0 Å². The third-order valence-corrected chi connectivity index (χ3v) is 3.39. The van der Waals surface area contributed by atoms with Crippen molar-refractivity contribution in [2.24, 2.45) is 11.8 Å². The van der Waals surface area contributed by atoms with Gasteiger partial charge in [0, 0.05) is 23.9 Å². The number of hydrogen-bond acceptors (Lipinski definition) is 5. The highest BCUT2D eigenvalue weighted by Crippen LogP contribution is 2.19. The number of anilines is 1. The zero-order valence-electron chi connectivity index (χ0n) is 15.0.